The predicted molar refractivity (Wildman–Crippen MR) is 98.4 cm³/mol. The number of aliphatic hydroxyl groups is 1. The van der Waals surface area contributed by atoms with Crippen molar-refractivity contribution < 1.29 is 15.3 Å². The molecule has 0 aromatic carbocycles. The SMILES string of the molecule is C=C(CCCC(C)CCCC(C)CCCC(C)C)C(CO)OO. The van der Waals surface area contributed by atoms with Crippen molar-refractivity contribution in [3.8, 4) is 0 Å². The van der Waals surface area contributed by atoms with Crippen molar-refractivity contribution >= 4 is 0 Å². The molecule has 3 unspecified atom stereocenters. The Morgan fingerprint density at radius 3 is 1.78 bits per heavy atom. The summed E-state index contributed by atoms with van der Waals surface area (Å²) in [5.74, 6) is 2.42. The molecule has 0 radical (unpaired) electrons. The van der Waals surface area contributed by atoms with Gasteiger partial charge in [-0.2, -0.15) is 0 Å². The van der Waals surface area contributed by atoms with E-state index in [1.165, 1.54) is 44.9 Å². The zero-order chi connectivity index (χ0) is 17.7. The third-order valence-corrected chi connectivity index (χ3v) is 4.82. The van der Waals surface area contributed by atoms with E-state index in [4.69, 9.17) is 10.4 Å². The van der Waals surface area contributed by atoms with Crippen LogP contribution in [0.5, 0.6) is 0 Å². The molecular weight excluding hydrogens is 288 g/mol. The molecule has 3 atom stereocenters. The fourth-order valence-corrected chi connectivity index (χ4v) is 3.05. The van der Waals surface area contributed by atoms with Crippen LogP contribution in [-0.2, 0) is 4.89 Å². The molecule has 0 fully saturated rings. The lowest BCUT2D eigenvalue weighted by Gasteiger charge is -2.16. The van der Waals surface area contributed by atoms with E-state index in [0.29, 0.717) is 0 Å². The first-order valence-electron chi connectivity index (χ1n) is 9.49. The van der Waals surface area contributed by atoms with Crippen LogP contribution in [0.1, 0.15) is 85.5 Å². The fourth-order valence-electron chi connectivity index (χ4n) is 3.05. The van der Waals surface area contributed by atoms with E-state index < -0.39 is 6.10 Å². The Morgan fingerprint density at radius 2 is 1.35 bits per heavy atom. The van der Waals surface area contributed by atoms with E-state index in [0.717, 1.165) is 36.2 Å². The van der Waals surface area contributed by atoms with E-state index in [-0.39, 0.29) is 6.61 Å². The zero-order valence-corrected chi connectivity index (χ0v) is 15.9. The van der Waals surface area contributed by atoms with Crippen LogP contribution >= 0.6 is 0 Å². The average molecular weight is 329 g/mol. The molecule has 3 heteroatoms. The van der Waals surface area contributed by atoms with Crippen LogP contribution in [-0.4, -0.2) is 23.1 Å². The van der Waals surface area contributed by atoms with Gasteiger partial charge in [0.1, 0.15) is 6.10 Å². The van der Waals surface area contributed by atoms with Gasteiger partial charge in [-0.25, -0.2) is 4.89 Å². The summed E-state index contributed by atoms with van der Waals surface area (Å²) in [6.07, 6.45) is 10.5. The molecule has 0 aliphatic carbocycles. The summed E-state index contributed by atoms with van der Waals surface area (Å²) in [4.78, 5) is 4.21. The van der Waals surface area contributed by atoms with Crippen molar-refractivity contribution in [3.63, 3.8) is 0 Å². The van der Waals surface area contributed by atoms with Gasteiger partial charge in [0.25, 0.3) is 0 Å². The first-order chi connectivity index (χ1) is 10.9. The predicted octanol–water partition coefficient (Wildman–Crippen LogP) is 5.83. The second kappa shape index (κ2) is 14.0. The largest absolute Gasteiger partial charge is 0.393 e. The minimum Gasteiger partial charge on any atom is -0.393 e. The summed E-state index contributed by atoms with van der Waals surface area (Å²) in [7, 11) is 0. The number of hydrogen-bond acceptors (Lipinski definition) is 3. The average Bonchev–Trinajstić information content (AvgIpc) is 2.48. The van der Waals surface area contributed by atoms with Gasteiger partial charge >= 0.3 is 0 Å². The molecule has 138 valence electrons. The summed E-state index contributed by atoms with van der Waals surface area (Å²) >= 11 is 0. The summed E-state index contributed by atoms with van der Waals surface area (Å²) in [6.45, 7) is 13.0. The van der Waals surface area contributed by atoms with Gasteiger partial charge in [-0.05, 0) is 36.2 Å². The number of rotatable bonds is 15. The van der Waals surface area contributed by atoms with Crippen molar-refractivity contribution in [2.45, 2.75) is 91.6 Å². The van der Waals surface area contributed by atoms with Gasteiger partial charge in [0.2, 0.25) is 0 Å². The van der Waals surface area contributed by atoms with Crippen LogP contribution in [0.3, 0.4) is 0 Å². The van der Waals surface area contributed by atoms with E-state index in [9.17, 15) is 0 Å². The highest BCUT2D eigenvalue weighted by Crippen LogP contribution is 2.22. The summed E-state index contributed by atoms with van der Waals surface area (Å²) in [5.41, 5.74) is 0.779. The van der Waals surface area contributed by atoms with Crippen LogP contribution in [0.4, 0.5) is 0 Å². The molecule has 0 bridgehead atoms. The molecule has 0 aromatic heterocycles. The van der Waals surface area contributed by atoms with Gasteiger partial charge in [0, 0.05) is 0 Å². The lowest BCUT2D eigenvalue weighted by Crippen LogP contribution is -2.18. The van der Waals surface area contributed by atoms with Gasteiger partial charge in [-0.15, -0.1) is 0 Å². The zero-order valence-electron chi connectivity index (χ0n) is 15.9. The molecule has 0 aliphatic heterocycles. The second-order valence-electron chi connectivity index (χ2n) is 7.79. The molecule has 0 aliphatic rings. The van der Waals surface area contributed by atoms with E-state index in [2.05, 4.69) is 39.2 Å². The Morgan fingerprint density at radius 1 is 0.870 bits per heavy atom. The smallest absolute Gasteiger partial charge is 0.136 e. The third-order valence-electron chi connectivity index (χ3n) is 4.82. The maximum atomic E-state index is 9.02. The van der Waals surface area contributed by atoms with Crippen LogP contribution in [0.2, 0.25) is 0 Å². The Kier molecular flexibility index (Phi) is 13.8. The van der Waals surface area contributed by atoms with Gasteiger partial charge in [0.15, 0.2) is 0 Å². The van der Waals surface area contributed by atoms with Gasteiger partial charge in [0.05, 0.1) is 6.61 Å². The van der Waals surface area contributed by atoms with Crippen LogP contribution in [0.15, 0.2) is 12.2 Å². The summed E-state index contributed by atoms with van der Waals surface area (Å²) in [5, 5.41) is 17.7. The molecular formula is C20H40O3. The minimum atomic E-state index is -0.628. The molecule has 0 spiro atoms. The Bertz CT molecular complexity index is 285. The molecule has 23 heavy (non-hydrogen) atoms. The normalized spacial score (nSPS) is 15.6. The molecule has 0 saturated heterocycles. The van der Waals surface area contributed by atoms with Crippen molar-refractivity contribution in [1.82, 2.24) is 0 Å². The lowest BCUT2D eigenvalue weighted by molar-refractivity contribution is -0.274. The maximum absolute atomic E-state index is 9.02. The van der Waals surface area contributed by atoms with Crippen molar-refractivity contribution in [2.75, 3.05) is 6.61 Å². The van der Waals surface area contributed by atoms with Crippen molar-refractivity contribution in [3.05, 3.63) is 12.2 Å². The monoisotopic (exact) mass is 328 g/mol. The molecule has 0 rings (SSSR count). The topological polar surface area (TPSA) is 49.7 Å². The second-order valence-corrected chi connectivity index (χ2v) is 7.79. The number of aliphatic hydroxyl groups excluding tert-OH is 1. The quantitative estimate of drug-likeness (QED) is 0.226. The van der Waals surface area contributed by atoms with E-state index in [1.54, 1.807) is 0 Å². The summed E-state index contributed by atoms with van der Waals surface area (Å²) < 4.78 is 0. The molecule has 0 heterocycles. The first kappa shape index (κ1) is 22.6. The van der Waals surface area contributed by atoms with Crippen LogP contribution in [0, 0.1) is 17.8 Å². The molecule has 3 nitrogen and oxygen atoms in total. The molecule has 0 aromatic rings. The van der Waals surface area contributed by atoms with E-state index in [1.807, 2.05) is 0 Å². The highest BCUT2D eigenvalue weighted by Gasteiger charge is 2.12. The first-order valence-corrected chi connectivity index (χ1v) is 9.49. The lowest BCUT2D eigenvalue weighted by atomic mass is 9.91. The number of hydrogen-bond donors (Lipinski definition) is 2. The van der Waals surface area contributed by atoms with Crippen molar-refractivity contribution in [2.24, 2.45) is 17.8 Å². The third kappa shape index (κ3) is 12.7. The molecule has 2 N–H and O–H groups in total. The highest BCUT2D eigenvalue weighted by molar-refractivity contribution is 5.01. The Labute approximate surface area is 144 Å². The van der Waals surface area contributed by atoms with Crippen molar-refractivity contribution in [1.29, 1.82) is 0 Å². The summed E-state index contributed by atoms with van der Waals surface area (Å²) in [6, 6.07) is 0. The van der Waals surface area contributed by atoms with Gasteiger partial charge in [-0.1, -0.05) is 79.2 Å². The maximum Gasteiger partial charge on any atom is 0.136 e. The van der Waals surface area contributed by atoms with Crippen LogP contribution in [0.25, 0.3) is 0 Å². The van der Waals surface area contributed by atoms with E-state index >= 15 is 0 Å². The minimum absolute atomic E-state index is 0.209. The highest BCUT2D eigenvalue weighted by atomic mass is 17.1. The van der Waals surface area contributed by atoms with Gasteiger partial charge < -0.3 is 5.11 Å². The standard InChI is InChI=1S/C20H40O3/c1-16(2)9-6-10-17(3)11-7-12-18(4)13-8-14-19(5)20(15-21)23-22/h16-18,20-22H,5-15H2,1-4H3. The fraction of sp³-hybridized carbons (Fsp3) is 0.900. The Hall–Kier alpha value is -0.380. The Balaban J connectivity index is 3.63. The molecule has 0 amide bonds. The van der Waals surface area contributed by atoms with Gasteiger partial charge in [-0.3, -0.25) is 5.26 Å². The molecule has 0 saturated carbocycles. The van der Waals surface area contributed by atoms with Crippen LogP contribution < -0.4 is 0 Å².